The lowest BCUT2D eigenvalue weighted by Gasteiger charge is -2.17. The molecule has 5 heteroatoms. The van der Waals surface area contributed by atoms with Crippen molar-refractivity contribution in [1.82, 2.24) is 10.3 Å². The van der Waals surface area contributed by atoms with Gasteiger partial charge in [0.2, 0.25) is 0 Å². The first-order chi connectivity index (χ1) is 9.90. The number of nitrogens with zero attached hydrogens (tertiary/aromatic N) is 1. The van der Waals surface area contributed by atoms with Gasteiger partial charge in [0.15, 0.2) is 0 Å². The van der Waals surface area contributed by atoms with E-state index in [1.54, 1.807) is 25.5 Å². The third-order valence-electron chi connectivity index (χ3n) is 3.34. The molecule has 112 valence electrons. The highest BCUT2D eigenvalue weighted by Gasteiger charge is 2.30. The first-order valence-electron chi connectivity index (χ1n) is 6.65. The third kappa shape index (κ3) is 4.04. The molecule has 0 aliphatic heterocycles. The number of aromatic nitrogens is 1. The molecule has 2 rings (SSSR count). The molecule has 2 aromatic rings. The Morgan fingerprint density at radius 3 is 2.57 bits per heavy atom. The Hall–Kier alpha value is -1.88. The highest BCUT2D eigenvalue weighted by Crippen LogP contribution is 2.30. The Kier molecular flexibility index (Phi) is 4.63. The van der Waals surface area contributed by atoms with Crippen LogP contribution >= 0.6 is 0 Å². The van der Waals surface area contributed by atoms with E-state index in [1.165, 1.54) is 12.1 Å². The number of hydrogen-bond acceptors (Lipinski definition) is 2. The summed E-state index contributed by atoms with van der Waals surface area (Å²) in [6.45, 7) is 1.94. The van der Waals surface area contributed by atoms with E-state index >= 15 is 0 Å². The van der Waals surface area contributed by atoms with Crippen molar-refractivity contribution in [2.75, 3.05) is 7.05 Å². The molecule has 21 heavy (non-hydrogen) atoms. The fourth-order valence-corrected chi connectivity index (χ4v) is 2.27. The fourth-order valence-electron chi connectivity index (χ4n) is 2.27. The van der Waals surface area contributed by atoms with Crippen LogP contribution in [0.4, 0.5) is 13.2 Å². The van der Waals surface area contributed by atoms with E-state index in [0.29, 0.717) is 12.0 Å². The van der Waals surface area contributed by atoms with Crippen LogP contribution in [0.15, 0.2) is 42.7 Å². The number of alkyl halides is 3. The maximum absolute atomic E-state index is 12.7. The summed E-state index contributed by atoms with van der Waals surface area (Å²) < 4.78 is 38.2. The zero-order chi connectivity index (χ0) is 15.5. The standard InChI is InChI=1S/C16H17F3N2/c1-11-6-13(10-21-9-11)15(20-2)8-12-4-3-5-14(7-12)16(17,18)19/h3-7,9-10,15,20H,8H2,1-2H3. The smallest absolute Gasteiger partial charge is 0.313 e. The van der Waals surface area contributed by atoms with E-state index in [-0.39, 0.29) is 6.04 Å². The molecule has 0 bridgehead atoms. The van der Waals surface area contributed by atoms with E-state index in [4.69, 9.17) is 0 Å². The van der Waals surface area contributed by atoms with Crippen LogP contribution < -0.4 is 5.32 Å². The van der Waals surface area contributed by atoms with Gasteiger partial charge in [-0.1, -0.05) is 24.3 Å². The molecule has 0 saturated carbocycles. The number of pyridine rings is 1. The van der Waals surface area contributed by atoms with Crippen molar-refractivity contribution < 1.29 is 13.2 Å². The van der Waals surface area contributed by atoms with Crippen LogP contribution in [0.3, 0.4) is 0 Å². The molecule has 1 unspecified atom stereocenters. The van der Waals surface area contributed by atoms with Crippen molar-refractivity contribution in [3.05, 3.63) is 65.0 Å². The van der Waals surface area contributed by atoms with Gasteiger partial charge in [-0.2, -0.15) is 13.2 Å². The fraction of sp³-hybridized carbons (Fsp3) is 0.312. The molecule has 0 spiro atoms. The summed E-state index contributed by atoms with van der Waals surface area (Å²) >= 11 is 0. The molecule has 1 aromatic carbocycles. The van der Waals surface area contributed by atoms with Crippen molar-refractivity contribution in [2.45, 2.75) is 25.6 Å². The van der Waals surface area contributed by atoms with Gasteiger partial charge in [0.05, 0.1) is 5.56 Å². The van der Waals surface area contributed by atoms with Crippen LogP contribution in [0.5, 0.6) is 0 Å². The summed E-state index contributed by atoms with van der Waals surface area (Å²) in [5.74, 6) is 0. The van der Waals surface area contributed by atoms with Crippen molar-refractivity contribution in [1.29, 1.82) is 0 Å². The SMILES string of the molecule is CNC(Cc1cccc(C(F)(F)F)c1)c1cncc(C)c1. The van der Waals surface area contributed by atoms with Gasteiger partial charge in [0.1, 0.15) is 0 Å². The minimum absolute atomic E-state index is 0.0686. The predicted molar refractivity (Wildman–Crippen MR) is 75.9 cm³/mol. The second-order valence-electron chi connectivity index (χ2n) is 5.04. The summed E-state index contributed by atoms with van der Waals surface area (Å²) in [6, 6.07) is 7.37. The first kappa shape index (κ1) is 15.5. The summed E-state index contributed by atoms with van der Waals surface area (Å²) in [7, 11) is 1.79. The monoisotopic (exact) mass is 294 g/mol. The molecule has 1 N–H and O–H groups in total. The first-order valence-corrected chi connectivity index (χ1v) is 6.65. The lowest BCUT2D eigenvalue weighted by Crippen LogP contribution is -2.19. The van der Waals surface area contributed by atoms with Crippen molar-refractivity contribution in [2.24, 2.45) is 0 Å². The number of benzene rings is 1. The molecule has 1 heterocycles. The van der Waals surface area contributed by atoms with Crippen LogP contribution in [0.2, 0.25) is 0 Å². The third-order valence-corrected chi connectivity index (χ3v) is 3.34. The van der Waals surface area contributed by atoms with E-state index in [0.717, 1.165) is 17.2 Å². The molecule has 0 fully saturated rings. The zero-order valence-electron chi connectivity index (χ0n) is 11.9. The second kappa shape index (κ2) is 6.26. The average Bonchev–Trinajstić information content (AvgIpc) is 2.44. The summed E-state index contributed by atoms with van der Waals surface area (Å²) in [5, 5.41) is 3.13. The van der Waals surface area contributed by atoms with Gasteiger partial charge in [0.25, 0.3) is 0 Å². The highest BCUT2D eigenvalue weighted by atomic mass is 19.4. The van der Waals surface area contributed by atoms with Gasteiger partial charge in [-0.25, -0.2) is 0 Å². The van der Waals surface area contributed by atoms with Gasteiger partial charge in [-0.15, -0.1) is 0 Å². The highest BCUT2D eigenvalue weighted by molar-refractivity contribution is 5.28. The molecule has 1 aromatic heterocycles. The normalized spacial score (nSPS) is 13.2. The number of aryl methyl sites for hydroxylation is 1. The van der Waals surface area contributed by atoms with E-state index in [1.807, 2.05) is 13.0 Å². The van der Waals surface area contributed by atoms with Crippen LogP contribution in [0.1, 0.15) is 28.3 Å². The minimum Gasteiger partial charge on any atom is -0.313 e. The molecule has 2 nitrogen and oxygen atoms in total. The van der Waals surface area contributed by atoms with Gasteiger partial charge in [0, 0.05) is 18.4 Å². The molecular formula is C16H17F3N2. The average molecular weight is 294 g/mol. The zero-order valence-corrected chi connectivity index (χ0v) is 11.9. The van der Waals surface area contributed by atoms with Crippen LogP contribution in [-0.4, -0.2) is 12.0 Å². The Balaban J connectivity index is 2.23. The summed E-state index contributed by atoms with van der Waals surface area (Å²) in [5.41, 5.74) is 2.02. The lowest BCUT2D eigenvalue weighted by molar-refractivity contribution is -0.137. The van der Waals surface area contributed by atoms with Gasteiger partial charge < -0.3 is 5.32 Å². The van der Waals surface area contributed by atoms with Crippen molar-refractivity contribution in [3.8, 4) is 0 Å². The molecule has 1 atom stereocenters. The Bertz CT molecular complexity index is 608. The molecule has 0 aliphatic rings. The molecule has 0 aliphatic carbocycles. The van der Waals surface area contributed by atoms with Gasteiger partial charge in [-0.3, -0.25) is 4.98 Å². The number of hydrogen-bond donors (Lipinski definition) is 1. The molecule has 0 saturated heterocycles. The molecule has 0 amide bonds. The largest absolute Gasteiger partial charge is 0.416 e. The number of likely N-dealkylation sites (N-methyl/N-ethyl adjacent to an activating group) is 1. The lowest BCUT2D eigenvalue weighted by atomic mass is 9.98. The van der Waals surface area contributed by atoms with E-state index < -0.39 is 11.7 Å². The summed E-state index contributed by atoms with van der Waals surface area (Å²) in [4.78, 5) is 4.13. The molecular weight excluding hydrogens is 277 g/mol. The van der Waals surface area contributed by atoms with Gasteiger partial charge >= 0.3 is 6.18 Å². The number of nitrogens with one attached hydrogen (secondary N) is 1. The van der Waals surface area contributed by atoms with Crippen LogP contribution in [0, 0.1) is 6.92 Å². The Morgan fingerprint density at radius 2 is 1.95 bits per heavy atom. The minimum atomic E-state index is -4.31. The topological polar surface area (TPSA) is 24.9 Å². The van der Waals surface area contributed by atoms with Crippen LogP contribution in [0.25, 0.3) is 0 Å². The van der Waals surface area contributed by atoms with Crippen molar-refractivity contribution >= 4 is 0 Å². The number of halogens is 3. The number of rotatable bonds is 4. The quantitative estimate of drug-likeness (QED) is 0.924. The maximum atomic E-state index is 12.7. The van der Waals surface area contributed by atoms with Gasteiger partial charge in [-0.05, 0) is 43.1 Å². The Labute approximate surface area is 122 Å². The van der Waals surface area contributed by atoms with E-state index in [2.05, 4.69) is 10.3 Å². The predicted octanol–water partition coefficient (Wildman–Crippen LogP) is 3.91. The van der Waals surface area contributed by atoms with Crippen molar-refractivity contribution in [3.63, 3.8) is 0 Å². The Morgan fingerprint density at radius 1 is 1.19 bits per heavy atom. The maximum Gasteiger partial charge on any atom is 0.416 e. The summed E-state index contributed by atoms with van der Waals surface area (Å²) in [6.07, 6.45) is -0.343. The van der Waals surface area contributed by atoms with Crippen LogP contribution in [-0.2, 0) is 12.6 Å². The molecule has 0 radical (unpaired) electrons. The van der Waals surface area contributed by atoms with E-state index in [9.17, 15) is 13.2 Å². The second-order valence-corrected chi connectivity index (χ2v) is 5.04.